The van der Waals surface area contributed by atoms with Crippen LogP contribution in [0.3, 0.4) is 0 Å². The molecule has 0 aliphatic carbocycles. The van der Waals surface area contributed by atoms with E-state index >= 15 is 0 Å². The van der Waals surface area contributed by atoms with Crippen LogP contribution in [0.4, 0.5) is 0 Å². The summed E-state index contributed by atoms with van der Waals surface area (Å²) in [4.78, 5) is 11.0. The maximum absolute atomic E-state index is 11.0. The van der Waals surface area contributed by atoms with Crippen LogP contribution in [0.5, 0.6) is 5.75 Å². The van der Waals surface area contributed by atoms with Gasteiger partial charge in [0, 0.05) is 23.6 Å². The van der Waals surface area contributed by atoms with Crippen molar-refractivity contribution in [2.75, 3.05) is 7.11 Å². The Bertz CT molecular complexity index is 597. The SMILES string of the molecule is COc1c(-c2ccccc2)cccc1C(N)CC(N)=O. The lowest BCUT2D eigenvalue weighted by Gasteiger charge is -2.17. The van der Waals surface area contributed by atoms with E-state index in [0.29, 0.717) is 5.75 Å². The first-order valence-corrected chi connectivity index (χ1v) is 6.39. The van der Waals surface area contributed by atoms with E-state index in [1.807, 2.05) is 48.5 Å². The molecule has 4 heteroatoms. The van der Waals surface area contributed by atoms with E-state index in [1.54, 1.807) is 7.11 Å². The number of hydrogen-bond acceptors (Lipinski definition) is 3. The predicted molar refractivity (Wildman–Crippen MR) is 79.2 cm³/mol. The van der Waals surface area contributed by atoms with Crippen molar-refractivity contribution in [3.8, 4) is 16.9 Å². The summed E-state index contributed by atoms with van der Waals surface area (Å²) in [5.41, 5.74) is 14.0. The van der Waals surface area contributed by atoms with Crippen molar-refractivity contribution < 1.29 is 9.53 Å². The van der Waals surface area contributed by atoms with Gasteiger partial charge in [0.1, 0.15) is 5.75 Å². The van der Waals surface area contributed by atoms with E-state index in [0.717, 1.165) is 16.7 Å². The third kappa shape index (κ3) is 2.97. The van der Waals surface area contributed by atoms with Crippen molar-refractivity contribution in [3.05, 3.63) is 54.1 Å². The zero-order valence-corrected chi connectivity index (χ0v) is 11.4. The van der Waals surface area contributed by atoms with Crippen LogP contribution in [0.2, 0.25) is 0 Å². The van der Waals surface area contributed by atoms with Crippen LogP contribution in [0.25, 0.3) is 11.1 Å². The van der Waals surface area contributed by atoms with Gasteiger partial charge in [-0.25, -0.2) is 0 Å². The topological polar surface area (TPSA) is 78.3 Å². The summed E-state index contributed by atoms with van der Waals surface area (Å²) in [7, 11) is 1.60. The molecule has 0 spiro atoms. The molecule has 2 rings (SSSR count). The van der Waals surface area contributed by atoms with Crippen LogP contribution in [0.15, 0.2) is 48.5 Å². The summed E-state index contributed by atoms with van der Waals surface area (Å²) in [5.74, 6) is 0.261. The molecule has 20 heavy (non-hydrogen) atoms. The normalized spacial score (nSPS) is 11.9. The van der Waals surface area contributed by atoms with Crippen molar-refractivity contribution >= 4 is 5.91 Å². The quantitative estimate of drug-likeness (QED) is 0.874. The Kier molecular flexibility index (Phi) is 4.38. The second-order valence-electron chi connectivity index (χ2n) is 4.57. The molecule has 0 aliphatic heterocycles. The number of primary amides is 1. The summed E-state index contributed by atoms with van der Waals surface area (Å²) in [6.07, 6.45) is 0.0919. The summed E-state index contributed by atoms with van der Waals surface area (Å²) in [6, 6.07) is 15.1. The summed E-state index contributed by atoms with van der Waals surface area (Å²) in [5, 5.41) is 0. The molecule has 1 atom stereocenters. The van der Waals surface area contributed by atoms with Gasteiger partial charge in [-0.3, -0.25) is 4.79 Å². The van der Waals surface area contributed by atoms with E-state index in [4.69, 9.17) is 16.2 Å². The van der Waals surface area contributed by atoms with Gasteiger partial charge in [0.2, 0.25) is 5.91 Å². The molecule has 0 heterocycles. The monoisotopic (exact) mass is 270 g/mol. The first-order valence-electron chi connectivity index (χ1n) is 6.39. The van der Waals surface area contributed by atoms with E-state index < -0.39 is 11.9 Å². The maximum atomic E-state index is 11.0. The van der Waals surface area contributed by atoms with Gasteiger partial charge in [0.05, 0.1) is 7.11 Å². The van der Waals surface area contributed by atoms with Gasteiger partial charge in [0.15, 0.2) is 0 Å². The second kappa shape index (κ2) is 6.21. The Morgan fingerprint density at radius 3 is 2.45 bits per heavy atom. The van der Waals surface area contributed by atoms with Gasteiger partial charge in [-0.1, -0.05) is 48.5 Å². The fraction of sp³-hybridized carbons (Fsp3) is 0.188. The maximum Gasteiger partial charge on any atom is 0.219 e. The number of hydrogen-bond donors (Lipinski definition) is 2. The predicted octanol–water partition coefficient (Wildman–Crippen LogP) is 2.24. The van der Waals surface area contributed by atoms with Crippen LogP contribution >= 0.6 is 0 Å². The molecular formula is C16H18N2O2. The fourth-order valence-electron chi connectivity index (χ4n) is 2.25. The minimum Gasteiger partial charge on any atom is -0.496 e. The average Bonchev–Trinajstić information content (AvgIpc) is 2.46. The van der Waals surface area contributed by atoms with Crippen molar-refractivity contribution in [1.82, 2.24) is 0 Å². The molecular weight excluding hydrogens is 252 g/mol. The number of carbonyl (C=O) groups excluding carboxylic acids is 1. The number of methoxy groups -OCH3 is 1. The van der Waals surface area contributed by atoms with Gasteiger partial charge >= 0.3 is 0 Å². The van der Waals surface area contributed by atoms with E-state index in [2.05, 4.69) is 0 Å². The molecule has 0 aliphatic rings. The lowest BCUT2D eigenvalue weighted by molar-refractivity contribution is -0.118. The number of para-hydroxylation sites is 1. The van der Waals surface area contributed by atoms with E-state index in [9.17, 15) is 4.79 Å². The van der Waals surface area contributed by atoms with Crippen LogP contribution in [0, 0.1) is 0 Å². The molecule has 0 radical (unpaired) electrons. The Hall–Kier alpha value is -2.33. The molecule has 4 nitrogen and oxygen atoms in total. The smallest absolute Gasteiger partial charge is 0.219 e. The molecule has 1 amide bonds. The van der Waals surface area contributed by atoms with Crippen LogP contribution in [-0.2, 0) is 4.79 Å². The minimum atomic E-state index is -0.467. The fourth-order valence-corrected chi connectivity index (χ4v) is 2.25. The molecule has 2 aromatic rings. The number of amides is 1. The highest BCUT2D eigenvalue weighted by Gasteiger charge is 2.17. The van der Waals surface area contributed by atoms with Gasteiger partial charge in [-0.2, -0.15) is 0 Å². The van der Waals surface area contributed by atoms with Gasteiger partial charge in [-0.15, -0.1) is 0 Å². The lowest BCUT2D eigenvalue weighted by atomic mass is 9.96. The van der Waals surface area contributed by atoms with E-state index in [1.165, 1.54) is 0 Å². The summed E-state index contributed by atoms with van der Waals surface area (Å²) >= 11 is 0. The largest absolute Gasteiger partial charge is 0.496 e. The standard InChI is InChI=1S/C16H18N2O2/c1-20-16-12(11-6-3-2-4-7-11)8-5-9-13(16)14(17)10-15(18)19/h2-9,14H,10,17H2,1H3,(H2,18,19). The van der Waals surface area contributed by atoms with Crippen molar-refractivity contribution in [2.45, 2.75) is 12.5 Å². The Labute approximate surface area is 118 Å². The van der Waals surface area contributed by atoms with E-state index in [-0.39, 0.29) is 6.42 Å². The zero-order chi connectivity index (χ0) is 14.5. The molecule has 0 bridgehead atoms. The molecule has 0 fully saturated rings. The zero-order valence-electron chi connectivity index (χ0n) is 11.4. The number of ether oxygens (including phenoxy) is 1. The minimum absolute atomic E-state index is 0.0919. The lowest BCUT2D eigenvalue weighted by Crippen LogP contribution is -2.21. The number of carbonyl (C=O) groups is 1. The molecule has 2 aromatic carbocycles. The second-order valence-corrected chi connectivity index (χ2v) is 4.57. The Balaban J connectivity index is 2.48. The third-order valence-corrected chi connectivity index (χ3v) is 3.15. The molecule has 1 unspecified atom stereocenters. The Morgan fingerprint density at radius 1 is 1.15 bits per heavy atom. The van der Waals surface area contributed by atoms with Crippen molar-refractivity contribution in [2.24, 2.45) is 11.5 Å². The number of rotatable bonds is 5. The van der Waals surface area contributed by atoms with Gasteiger partial charge in [0.25, 0.3) is 0 Å². The Morgan fingerprint density at radius 2 is 1.85 bits per heavy atom. The van der Waals surface area contributed by atoms with Gasteiger partial charge in [-0.05, 0) is 5.56 Å². The third-order valence-electron chi connectivity index (χ3n) is 3.15. The average molecular weight is 270 g/mol. The molecule has 0 saturated carbocycles. The molecule has 0 saturated heterocycles. The number of nitrogens with two attached hydrogens (primary N) is 2. The first kappa shape index (κ1) is 14.1. The highest BCUT2D eigenvalue weighted by Crippen LogP contribution is 2.36. The van der Waals surface area contributed by atoms with Crippen molar-refractivity contribution in [3.63, 3.8) is 0 Å². The van der Waals surface area contributed by atoms with Crippen LogP contribution in [-0.4, -0.2) is 13.0 Å². The van der Waals surface area contributed by atoms with Gasteiger partial charge < -0.3 is 16.2 Å². The highest BCUT2D eigenvalue weighted by molar-refractivity contribution is 5.76. The first-order chi connectivity index (χ1) is 9.63. The van der Waals surface area contributed by atoms with Crippen LogP contribution in [0.1, 0.15) is 18.0 Å². The highest BCUT2D eigenvalue weighted by atomic mass is 16.5. The summed E-state index contributed by atoms with van der Waals surface area (Å²) < 4.78 is 5.50. The molecule has 0 aromatic heterocycles. The van der Waals surface area contributed by atoms with Crippen LogP contribution < -0.4 is 16.2 Å². The summed E-state index contributed by atoms with van der Waals surface area (Å²) in [6.45, 7) is 0. The number of benzene rings is 2. The molecule has 104 valence electrons. The molecule has 4 N–H and O–H groups in total. The van der Waals surface area contributed by atoms with Crippen molar-refractivity contribution in [1.29, 1.82) is 0 Å².